The second-order valence-corrected chi connectivity index (χ2v) is 6.78. The molecule has 5 nitrogen and oxygen atoms in total. The average molecular weight is 486 g/mol. The molecule has 0 unspecified atom stereocenters. The first kappa shape index (κ1) is 23.4. The standard InChI is InChI=1S/C17H7F9N4OS/c18-15(19,20)7-3-4-8(10(6-7)16(21,22)23)12-28-14(32-30-12)29-13(31)9-2-1-5-27-11(9)17(24,25)26/h1-6H,(H,28,29,30,31). The minimum Gasteiger partial charge on any atom is -0.297 e. The Kier molecular flexibility index (Phi) is 5.88. The molecule has 1 N–H and O–H groups in total. The zero-order chi connectivity index (χ0) is 23.9. The molecule has 0 saturated carbocycles. The third-order valence-corrected chi connectivity index (χ3v) is 4.49. The average Bonchev–Trinajstić information content (AvgIpc) is 3.13. The summed E-state index contributed by atoms with van der Waals surface area (Å²) in [5.41, 5.74) is -6.39. The summed E-state index contributed by atoms with van der Waals surface area (Å²) in [4.78, 5) is 18.9. The molecule has 2 aromatic heterocycles. The van der Waals surface area contributed by atoms with E-state index in [1.807, 2.05) is 5.32 Å². The Labute approximate surface area is 176 Å². The molecule has 3 aromatic rings. The number of carbonyl (C=O) groups is 1. The van der Waals surface area contributed by atoms with Crippen molar-refractivity contribution in [2.45, 2.75) is 18.5 Å². The van der Waals surface area contributed by atoms with E-state index in [1.165, 1.54) is 0 Å². The molecular weight excluding hydrogens is 479 g/mol. The minimum absolute atomic E-state index is 0.111. The van der Waals surface area contributed by atoms with Crippen molar-refractivity contribution in [3.05, 3.63) is 58.9 Å². The van der Waals surface area contributed by atoms with Crippen LogP contribution in [0.3, 0.4) is 0 Å². The summed E-state index contributed by atoms with van der Waals surface area (Å²) >= 11 is 0.326. The van der Waals surface area contributed by atoms with Crippen LogP contribution in [0, 0.1) is 0 Å². The van der Waals surface area contributed by atoms with Gasteiger partial charge in [0, 0.05) is 23.3 Å². The van der Waals surface area contributed by atoms with Gasteiger partial charge < -0.3 is 0 Å². The van der Waals surface area contributed by atoms with Gasteiger partial charge in [0.1, 0.15) is 0 Å². The van der Waals surface area contributed by atoms with Crippen LogP contribution in [0.5, 0.6) is 0 Å². The largest absolute Gasteiger partial charge is 0.434 e. The molecule has 0 aliphatic carbocycles. The van der Waals surface area contributed by atoms with Crippen LogP contribution in [0.4, 0.5) is 44.6 Å². The highest BCUT2D eigenvalue weighted by molar-refractivity contribution is 7.10. The summed E-state index contributed by atoms with van der Waals surface area (Å²) in [6, 6.07) is 2.69. The van der Waals surface area contributed by atoms with Gasteiger partial charge in [0.05, 0.1) is 16.7 Å². The first-order chi connectivity index (χ1) is 14.7. The molecule has 0 aliphatic heterocycles. The molecule has 0 aliphatic rings. The predicted octanol–water partition coefficient (Wildman–Crippen LogP) is 5.91. The fourth-order valence-electron chi connectivity index (χ4n) is 2.51. The number of rotatable bonds is 3. The molecular formula is C17H7F9N4OS. The fourth-order valence-corrected chi connectivity index (χ4v) is 3.09. The molecule has 0 saturated heterocycles. The van der Waals surface area contributed by atoms with E-state index in [0.717, 1.165) is 18.3 Å². The Morgan fingerprint density at radius 1 is 0.906 bits per heavy atom. The normalized spacial score (nSPS) is 12.7. The van der Waals surface area contributed by atoms with Crippen molar-refractivity contribution in [2.75, 3.05) is 5.32 Å². The van der Waals surface area contributed by atoms with Gasteiger partial charge in [0.2, 0.25) is 5.13 Å². The van der Waals surface area contributed by atoms with Crippen molar-refractivity contribution in [1.82, 2.24) is 14.3 Å². The van der Waals surface area contributed by atoms with Crippen molar-refractivity contribution >= 4 is 22.6 Å². The lowest BCUT2D eigenvalue weighted by Crippen LogP contribution is -2.20. The maximum atomic E-state index is 13.3. The van der Waals surface area contributed by atoms with E-state index >= 15 is 0 Å². The molecule has 15 heteroatoms. The zero-order valence-electron chi connectivity index (χ0n) is 15.0. The van der Waals surface area contributed by atoms with E-state index in [9.17, 15) is 44.3 Å². The number of benzene rings is 1. The van der Waals surface area contributed by atoms with Crippen LogP contribution in [0.2, 0.25) is 0 Å². The molecule has 1 aromatic carbocycles. The summed E-state index contributed by atoms with van der Waals surface area (Å²) in [6.07, 6.45) is -14.4. The van der Waals surface area contributed by atoms with E-state index < -0.39 is 63.3 Å². The number of aromatic nitrogens is 3. The molecule has 3 rings (SSSR count). The molecule has 0 atom stereocenters. The number of nitrogens with zero attached hydrogens (tertiary/aromatic N) is 3. The number of halogens is 9. The third-order valence-electron chi connectivity index (χ3n) is 3.86. The number of anilines is 1. The lowest BCUT2D eigenvalue weighted by Gasteiger charge is -2.14. The Hall–Kier alpha value is -3.23. The van der Waals surface area contributed by atoms with Crippen molar-refractivity contribution in [2.24, 2.45) is 0 Å². The number of carbonyl (C=O) groups excluding carboxylic acids is 1. The van der Waals surface area contributed by atoms with E-state index in [1.54, 1.807) is 0 Å². The van der Waals surface area contributed by atoms with Crippen LogP contribution in [-0.2, 0) is 18.5 Å². The molecule has 0 radical (unpaired) electrons. The summed E-state index contributed by atoms with van der Waals surface area (Å²) < 4.78 is 121. The van der Waals surface area contributed by atoms with Crippen molar-refractivity contribution in [3.8, 4) is 11.4 Å². The van der Waals surface area contributed by atoms with Crippen LogP contribution in [-0.4, -0.2) is 20.2 Å². The van der Waals surface area contributed by atoms with Gasteiger partial charge in [-0.2, -0.15) is 48.9 Å². The lowest BCUT2D eigenvalue weighted by atomic mass is 10.0. The zero-order valence-corrected chi connectivity index (χ0v) is 15.8. The number of pyridine rings is 1. The summed E-state index contributed by atoms with van der Waals surface area (Å²) in [6.45, 7) is 0. The fraction of sp³-hybridized carbons (Fsp3) is 0.176. The maximum absolute atomic E-state index is 13.3. The summed E-state index contributed by atoms with van der Waals surface area (Å²) in [5.74, 6) is -1.98. The first-order valence-electron chi connectivity index (χ1n) is 8.14. The maximum Gasteiger partial charge on any atom is 0.434 e. The van der Waals surface area contributed by atoms with Gasteiger partial charge in [-0.15, -0.1) is 0 Å². The Balaban J connectivity index is 1.94. The minimum atomic E-state index is -5.19. The van der Waals surface area contributed by atoms with Gasteiger partial charge in [0.15, 0.2) is 11.5 Å². The van der Waals surface area contributed by atoms with Crippen molar-refractivity contribution in [3.63, 3.8) is 0 Å². The van der Waals surface area contributed by atoms with E-state index in [2.05, 4.69) is 14.3 Å². The van der Waals surface area contributed by atoms with Crippen LogP contribution in [0.25, 0.3) is 11.4 Å². The third kappa shape index (κ3) is 4.98. The first-order valence-corrected chi connectivity index (χ1v) is 8.91. The number of nitrogens with one attached hydrogen (secondary N) is 1. The predicted molar refractivity (Wildman–Crippen MR) is 92.5 cm³/mol. The Bertz CT molecular complexity index is 1150. The highest BCUT2D eigenvalue weighted by Crippen LogP contribution is 2.40. The summed E-state index contributed by atoms with van der Waals surface area (Å²) in [5, 5.41) is 1.48. The Morgan fingerprint density at radius 2 is 1.59 bits per heavy atom. The molecule has 0 bridgehead atoms. The quantitative estimate of drug-likeness (QED) is 0.468. The van der Waals surface area contributed by atoms with Crippen LogP contribution in [0.15, 0.2) is 36.5 Å². The molecule has 2 heterocycles. The molecule has 1 amide bonds. The van der Waals surface area contributed by atoms with Gasteiger partial charge in [-0.25, -0.2) is 0 Å². The molecule has 0 fully saturated rings. The number of amides is 1. The van der Waals surface area contributed by atoms with Gasteiger partial charge >= 0.3 is 18.5 Å². The van der Waals surface area contributed by atoms with Crippen molar-refractivity contribution < 1.29 is 44.3 Å². The molecule has 0 spiro atoms. The Morgan fingerprint density at radius 3 is 2.19 bits per heavy atom. The van der Waals surface area contributed by atoms with E-state index in [4.69, 9.17) is 0 Å². The van der Waals surface area contributed by atoms with Crippen molar-refractivity contribution in [1.29, 1.82) is 0 Å². The lowest BCUT2D eigenvalue weighted by molar-refractivity contribution is -0.143. The topological polar surface area (TPSA) is 67.8 Å². The molecule has 32 heavy (non-hydrogen) atoms. The van der Waals surface area contributed by atoms with Gasteiger partial charge in [-0.05, 0) is 30.3 Å². The number of hydrogen-bond acceptors (Lipinski definition) is 5. The second kappa shape index (κ2) is 8.03. The molecule has 170 valence electrons. The second-order valence-electron chi connectivity index (χ2n) is 6.03. The van der Waals surface area contributed by atoms with Gasteiger partial charge in [0.25, 0.3) is 5.91 Å². The van der Waals surface area contributed by atoms with Gasteiger partial charge in [-0.1, -0.05) is 0 Å². The summed E-state index contributed by atoms with van der Waals surface area (Å²) in [7, 11) is 0. The number of alkyl halides is 9. The van der Waals surface area contributed by atoms with Crippen LogP contribution >= 0.6 is 11.5 Å². The highest BCUT2D eigenvalue weighted by Gasteiger charge is 2.39. The van der Waals surface area contributed by atoms with E-state index in [-0.39, 0.29) is 6.07 Å². The van der Waals surface area contributed by atoms with Crippen LogP contribution in [0.1, 0.15) is 27.2 Å². The monoisotopic (exact) mass is 486 g/mol. The highest BCUT2D eigenvalue weighted by atomic mass is 32.1. The van der Waals surface area contributed by atoms with Gasteiger partial charge in [-0.3, -0.25) is 15.1 Å². The smallest absolute Gasteiger partial charge is 0.297 e. The van der Waals surface area contributed by atoms with Crippen LogP contribution < -0.4 is 5.32 Å². The SMILES string of the molecule is O=C(Nc1nc(-c2ccc(C(F)(F)F)cc2C(F)(F)F)ns1)c1cccnc1C(F)(F)F. The number of hydrogen-bond donors (Lipinski definition) is 1. The van der Waals surface area contributed by atoms with E-state index in [0.29, 0.717) is 23.7 Å².